The number of nitrogens with one attached hydrogen (secondary N) is 1. The maximum absolute atomic E-state index is 11.5. The Kier molecular flexibility index (Phi) is 13.4. The lowest BCUT2D eigenvalue weighted by Gasteiger charge is -2.16. The first-order valence-electron chi connectivity index (χ1n) is 5.10. The van der Waals surface area contributed by atoms with Gasteiger partial charge in [-0.25, -0.2) is 0 Å². The minimum Gasteiger partial charge on any atom is -0.385 e. The van der Waals surface area contributed by atoms with Gasteiger partial charge in [-0.05, 0) is 26.4 Å². The van der Waals surface area contributed by atoms with E-state index in [9.17, 15) is 4.79 Å². The van der Waals surface area contributed by atoms with Gasteiger partial charge in [0, 0.05) is 33.7 Å². The third-order valence-corrected chi connectivity index (χ3v) is 2.09. The van der Waals surface area contributed by atoms with E-state index in [1.165, 1.54) is 0 Å². The summed E-state index contributed by atoms with van der Waals surface area (Å²) < 4.78 is 4.92. The summed E-state index contributed by atoms with van der Waals surface area (Å²) in [6.45, 7) is 2.40. The van der Waals surface area contributed by atoms with Crippen molar-refractivity contribution in [2.75, 3.05) is 40.9 Å². The third kappa shape index (κ3) is 9.97. The van der Waals surface area contributed by atoms with Crippen molar-refractivity contribution < 1.29 is 9.53 Å². The van der Waals surface area contributed by atoms with E-state index < -0.39 is 0 Å². The molecule has 0 saturated heterocycles. The van der Waals surface area contributed by atoms with Crippen LogP contribution in [0.5, 0.6) is 0 Å². The van der Waals surface area contributed by atoms with E-state index in [1.807, 2.05) is 14.1 Å². The molecule has 1 amide bonds. The van der Waals surface area contributed by atoms with Crippen LogP contribution in [0, 0.1) is 0 Å². The van der Waals surface area contributed by atoms with E-state index in [2.05, 4.69) is 5.32 Å². The van der Waals surface area contributed by atoms with Gasteiger partial charge in [0.2, 0.25) is 5.91 Å². The minimum atomic E-state index is 0. The lowest BCUT2D eigenvalue weighted by Crippen LogP contribution is -2.28. The molecule has 0 aliphatic rings. The van der Waals surface area contributed by atoms with Crippen LogP contribution < -0.4 is 5.32 Å². The van der Waals surface area contributed by atoms with Crippen LogP contribution in [0.15, 0.2) is 0 Å². The van der Waals surface area contributed by atoms with Gasteiger partial charge in [-0.3, -0.25) is 4.79 Å². The molecule has 0 spiro atoms. The summed E-state index contributed by atoms with van der Waals surface area (Å²) >= 11 is 0. The fourth-order valence-electron chi connectivity index (χ4n) is 1.18. The molecule has 0 aliphatic carbocycles. The highest BCUT2D eigenvalue weighted by Crippen LogP contribution is 1.96. The Hall–Kier alpha value is -0.320. The Morgan fingerprint density at radius 3 is 2.60 bits per heavy atom. The number of ether oxygens (including phenoxy) is 1. The molecule has 4 nitrogen and oxygen atoms in total. The van der Waals surface area contributed by atoms with Crippen LogP contribution in [0.4, 0.5) is 0 Å². The fourth-order valence-corrected chi connectivity index (χ4v) is 1.18. The van der Waals surface area contributed by atoms with Crippen LogP contribution in [0.1, 0.15) is 19.3 Å². The van der Waals surface area contributed by atoms with Gasteiger partial charge in [-0.2, -0.15) is 0 Å². The van der Waals surface area contributed by atoms with Crippen LogP contribution in [0.3, 0.4) is 0 Å². The predicted octanol–water partition coefficient (Wildman–Crippen LogP) is 0.903. The largest absolute Gasteiger partial charge is 0.385 e. The first-order valence-corrected chi connectivity index (χ1v) is 5.10. The number of rotatable bonds is 8. The molecule has 0 heterocycles. The smallest absolute Gasteiger partial charge is 0.222 e. The maximum atomic E-state index is 11.5. The van der Waals surface area contributed by atoms with Crippen LogP contribution in [0.25, 0.3) is 0 Å². The zero-order chi connectivity index (χ0) is 10.8. The molecule has 5 heteroatoms. The van der Waals surface area contributed by atoms with Crippen molar-refractivity contribution in [1.82, 2.24) is 10.2 Å². The molecular weight excluding hydrogens is 216 g/mol. The van der Waals surface area contributed by atoms with Crippen LogP contribution in [-0.2, 0) is 9.53 Å². The average Bonchev–Trinajstić information content (AvgIpc) is 2.18. The monoisotopic (exact) mass is 238 g/mol. The quantitative estimate of drug-likeness (QED) is 0.639. The minimum absolute atomic E-state index is 0. The molecule has 15 heavy (non-hydrogen) atoms. The topological polar surface area (TPSA) is 41.6 Å². The van der Waals surface area contributed by atoms with Crippen molar-refractivity contribution in [1.29, 1.82) is 0 Å². The molecule has 0 aromatic rings. The number of carbonyl (C=O) groups excluding carboxylic acids is 1. The molecule has 0 saturated carbocycles. The molecule has 0 radical (unpaired) electrons. The first kappa shape index (κ1) is 17.1. The number of hydrogen-bond acceptors (Lipinski definition) is 3. The Morgan fingerprint density at radius 2 is 2.07 bits per heavy atom. The number of nitrogens with zero attached hydrogens (tertiary/aromatic N) is 1. The zero-order valence-electron chi connectivity index (χ0n) is 9.91. The zero-order valence-corrected chi connectivity index (χ0v) is 10.7. The van der Waals surface area contributed by atoms with Gasteiger partial charge in [0.05, 0.1) is 0 Å². The highest BCUT2D eigenvalue weighted by Gasteiger charge is 2.06. The molecule has 0 unspecified atom stereocenters. The second-order valence-corrected chi connectivity index (χ2v) is 3.37. The first-order chi connectivity index (χ1) is 6.72. The fraction of sp³-hybridized carbons (Fsp3) is 0.900. The summed E-state index contributed by atoms with van der Waals surface area (Å²) in [5, 5.41) is 3.02. The second-order valence-electron chi connectivity index (χ2n) is 3.37. The van der Waals surface area contributed by atoms with Gasteiger partial charge in [0.25, 0.3) is 0 Å². The van der Waals surface area contributed by atoms with E-state index in [4.69, 9.17) is 4.74 Å². The molecule has 0 aliphatic heterocycles. The van der Waals surface area contributed by atoms with Crippen molar-refractivity contribution >= 4 is 18.3 Å². The number of halogens is 1. The van der Waals surface area contributed by atoms with Gasteiger partial charge in [0.15, 0.2) is 0 Å². The standard InChI is InChI=1S/C10H22N2O2.ClH/c1-11-7-4-6-10(13)12(2)8-5-9-14-3;/h11H,4-9H2,1-3H3;1H. The second kappa shape index (κ2) is 11.8. The molecule has 1 N–H and O–H groups in total. The highest BCUT2D eigenvalue weighted by atomic mass is 35.5. The lowest BCUT2D eigenvalue weighted by atomic mass is 10.2. The summed E-state index contributed by atoms with van der Waals surface area (Å²) in [4.78, 5) is 13.2. The van der Waals surface area contributed by atoms with Crippen molar-refractivity contribution in [3.8, 4) is 0 Å². The molecule has 0 aromatic heterocycles. The van der Waals surface area contributed by atoms with Crippen molar-refractivity contribution in [2.45, 2.75) is 19.3 Å². The molecule has 0 bridgehead atoms. The lowest BCUT2D eigenvalue weighted by molar-refractivity contribution is -0.130. The van der Waals surface area contributed by atoms with E-state index >= 15 is 0 Å². The normalized spacial score (nSPS) is 9.53. The molecule has 0 rings (SSSR count). The van der Waals surface area contributed by atoms with Gasteiger partial charge in [-0.1, -0.05) is 0 Å². The van der Waals surface area contributed by atoms with Crippen molar-refractivity contribution in [2.24, 2.45) is 0 Å². The molecule has 0 fully saturated rings. The van der Waals surface area contributed by atoms with Gasteiger partial charge >= 0.3 is 0 Å². The van der Waals surface area contributed by atoms with Crippen molar-refractivity contribution in [3.63, 3.8) is 0 Å². The Bertz CT molecular complexity index is 156. The van der Waals surface area contributed by atoms with Crippen LogP contribution in [0.2, 0.25) is 0 Å². The van der Waals surface area contributed by atoms with E-state index in [-0.39, 0.29) is 18.3 Å². The van der Waals surface area contributed by atoms with Crippen molar-refractivity contribution in [3.05, 3.63) is 0 Å². The van der Waals surface area contributed by atoms with Gasteiger partial charge in [-0.15, -0.1) is 12.4 Å². The number of carbonyl (C=O) groups is 1. The molecular formula is C10H23ClN2O2. The van der Waals surface area contributed by atoms with E-state index in [1.54, 1.807) is 12.0 Å². The summed E-state index contributed by atoms with van der Waals surface area (Å²) in [5.41, 5.74) is 0. The number of methoxy groups -OCH3 is 1. The Balaban J connectivity index is 0. The Labute approximate surface area is 98.8 Å². The molecule has 92 valence electrons. The molecule has 0 atom stereocenters. The van der Waals surface area contributed by atoms with Gasteiger partial charge in [0.1, 0.15) is 0 Å². The summed E-state index contributed by atoms with van der Waals surface area (Å²) in [6, 6.07) is 0. The summed E-state index contributed by atoms with van der Waals surface area (Å²) in [5.74, 6) is 0.219. The van der Waals surface area contributed by atoms with E-state index in [0.717, 1.165) is 25.9 Å². The summed E-state index contributed by atoms with van der Waals surface area (Å²) in [7, 11) is 5.42. The maximum Gasteiger partial charge on any atom is 0.222 e. The Morgan fingerprint density at radius 1 is 1.40 bits per heavy atom. The average molecular weight is 239 g/mol. The molecule has 0 aromatic carbocycles. The van der Waals surface area contributed by atoms with Crippen LogP contribution >= 0.6 is 12.4 Å². The number of hydrogen-bond donors (Lipinski definition) is 1. The number of amides is 1. The SMILES string of the molecule is CNCCCC(=O)N(C)CCCOC.Cl. The predicted molar refractivity (Wildman–Crippen MR) is 64.5 cm³/mol. The van der Waals surface area contributed by atoms with E-state index in [0.29, 0.717) is 13.0 Å². The summed E-state index contributed by atoms with van der Waals surface area (Å²) in [6.07, 6.45) is 2.44. The van der Waals surface area contributed by atoms with Gasteiger partial charge < -0.3 is 15.0 Å². The highest BCUT2D eigenvalue weighted by molar-refractivity contribution is 5.85. The van der Waals surface area contributed by atoms with Crippen LogP contribution in [-0.4, -0.2) is 51.7 Å². The third-order valence-electron chi connectivity index (χ3n) is 2.09.